The van der Waals surface area contributed by atoms with Crippen LogP contribution in [0.2, 0.25) is 0 Å². The van der Waals surface area contributed by atoms with Crippen molar-refractivity contribution >= 4 is 16.7 Å². The summed E-state index contributed by atoms with van der Waals surface area (Å²) in [4.78, 5) is 28.6. The molecule has 3 aromatic rings. The van der Waals surface area contributed by atoms with E-state index in [2.05, 4.69) is 18.0 Å². The highest BCUT2D eigenvalue weighted by molar-refractivity contribution is 5.97. The Balaban J connectivity index is 2.26. The number of nitrogens with zero attached hydrogens (tertiary/aromatic N) is 2. The highest BCUT2D eigenvalue weighted by Crippen LogP contribution is 2.24. The summed E-state index contributed by atoms with van der Waals surface area (Å²) in [6.07, 6.45) is 4.36. The van der Waals surface area contributed by atoms with Gasteiger partial charge in [-0.2, -0.15) is 0 Å². The van der Waals surface area contributed by atoms with Crippen molar-refractivity contribution in [1.29, 1.82) is 0 Å². The normalized spacial score (nSPS) is 11.0. The van der Waals surface area contributed by atoms with Gasteiger partial charge in [0.1, 0.15) is 0 Å². The van der Waals surface area contributed by atoms with Gasteiger partial charge in [0, 0.05) is 30.0 Å². The van der Waals surface area contributed by atoms with Gasteiger partial charge in [-0.05, 0) is 55.7 Å². The van der Waals surface area contributed by atoms with Crippen molar-refractivity contribution in [2.75, 3.05) is 0 Å². The van der Waals surface area contributed by atoms with Gasteiger partial charge >= 0.3 is 0 Å². The Hall–Kier alpha value is -2.75. The van der Waals surface area contributed by atoms with Crippen LogP contribution in [0.3, 0.4) is 0 Å². The summed E-state index contributed by atoms with van der Waals surface area (Å²) in [5, 5.41) is 0.582. The summed E-state index contributed by atoms with van der Waals surface area (Å²) in [5.41, 5.74) is 4.05. The van der Waals surface area contributed by atoms with Crippen LogP contribution in [-0.2, 0) is 13.0 Å². The van der Waals surface area contributed by atoms with Gasteiger partial charge in [-0.1, -0.05) is 13.0 Å². The van der Waals surface area contributed by atoms with Crippen molar-refractivity contribution in [2.45, 2.75) is 33.7 Å². The monoisotopic (exact) mass is 320 g/mol. The molecule has 3 rings (SSSR count). The molecule has 0 saturated heterocycles. The van der Waals surface area contributed by atoms with Gasteiger partial charge in [0.15, 0.2) is 11.2 Å². The third-order valence-corrected chi connectivity index (χ3v) is 4.31. The first kappa shape index (κ1) is 16.1. The number of aryl methyl sites for hydroxylation is 2. The minimum absolute atomic E-state index is 0.197. The van der Waals surface area contributed by atoms with Gasteiger partial charge in [-0.15, -0.1) is 0 Å². The van der Waals surface area contributed by atoms with Gasteiger partial charge in [0.05, 0.1) is 11.1 Å². The second kappa shape index (κ2) is 6.40. The molecule has 0 saturated carbocycles. The number of rotatable bonds is 4. The minimum atomic E-state index is -0.199. The zero-order valence-corrected chi connectivity index (χ0v) is 14.2. The van der Waals surface area contributed by atoms with Gasteiger partial charge in [-0.25, -0.2) is 0 Å². The Bertz CT molecular complexity index is 987. The first-order valence-corrected chi connectivity index (χ1v) is 8.18. The Kier molecular flexibility index (Phi) is 4.30. The van der Waals surface area contributed by atoms with Crippen molar-refractivity contribution in [3.63, 3.8) is 0 Å². The number of hydrogen-bond acceptors (Lipinski definition) is 3. The quantitative estimate of drug-likeness (QED) is 0.686. The lowest BCUT2D eigenvalue weighted by Gasteiger charge is -2.12. The average Bonchev–Trinajstić information content (AvgIpc) is 2.61. The third kappa shape index (κ3) is 2.75. The summed E-state index contributed by atoms with van der Waals surface area (Å²) in [6, 6.07) is 9.80. The SMILES string of the molecule is CCc1cc(-c2ccc3c(=O)c(C(C)=O)cn(CC)c3c2)ccn1. The molecule has 4 heteroatoms. The molecule has 0 aliphatic rings. The maximum Gasteiger partial charge on any atom is 0.200 e. The predicted molar refractivity (Wildman–Crippen MR) is 96.5 cm³/mol. The molecule has 0 spiro atoms. The zero-order valence-electron chi connectivity index (χ0n) is 14.2. The van der Waals surface area contributed by atoms with Crippen LogP contribution in [0, 0.1) is 0 Å². The summed E-state index contributed by atoms with van der Waals surface area (Å²) >= 11 is 0. The molecule has 0 bridgehead atoms. The highest BCUT2D eigenvalue weighted by Gasteiger charge is 2.12. The Labute approximate surface area is 140 Å². The number of hydrogen-bond donors (Lipinski definition) is 0. The molecule has 2 aromatic heterocycles. The van der Waals surface area contributed by atoms with E-state index in [0.29, 0.717) is 11.9 Å². The smallest absolute Gasteiger partial charge is 0.200 e. The lowest BCUT2D eigenvalue weighted by atomic mass is 10.0. The Morgan fingerprint density at radius 3 is 2.54 bits per heavy atom. The third-order valence-electron chi connectivity index (χ3n) is 4.31. The molecule has 0 atom stereocenters. The second-order valence-corrected chi connectivity index (χ2v) is 5.84. The molecule has 24 heavy (non-hydrogen) atoms. The van der Waals surface area contributed by atoms with Crippen molar-refractivity contribution in [2.24, 2.45) is 0 Å². The molecule has 0 radical (unpaired) electrons. The molecule has 2 heterocycles. The molecule has 0 unspecified atom stereocenters. The zero-order chi connectivity index (χ0) is 17.3. The predicted octanol–water partition coefficient (Wildman–Crippen LogP) is 3.85. The van der Waals surface area contributed by atoms with Crippen LogP contribution < -0.4 is 5.43 Å². The fourth-order valence-corrected chi connectivity index (χ4v) is 2.93. The van der Waals surface area contributed by atoms with Crippen molar-refractivity contribution in [1.82, 2.24) is 9.55 Å². The lowest BCUT2D eigenvalue weighted by molar-refractivity contribution is 0.101. The van der Waals surface area contributed by atoms with Crippen LogP contribution in [0.1, 0.15) is 36.8 Å². The number of benzene rings is 1. The topological polar surface area (TPSA) is 52.0 Å². The standard InChI is InChI=1S/C20H20N2O2/c1-4-16-10-15(8-9-21-16)14-6-7-17-19(11-14)22(5-2)12-18(13(3)23)20(17)24/h6-12H,4-5H2,1-3H3. The number of pyridine rings is 2. The largest absolute Gasteiger partial charge is 0.347 e. The van der Waals surface area contributed by atoms with Crippen LogP contribution in [-0.4, -0.2) is 15.3 Å². The van der Waals surface area contributed by atoms with Gasteiger partial charge in [0.25, 0.3) is 0 Å². The maximum absolute atomic E-state index is 12.5. The molecular formula is C20H20N2O2. The van der Waals surface area contributed by atoms with Crippen molar-refractivity contribution in [3.8, 4) is 11.1 Å². The van der Waals surface area contributed by atoms with Crippen LogP contribution in [0.15, 0.2) is 47.5 Å². The fourth-order valence-electron chi connectivity index (χ4n) is 2.93. The van der Waals surface area contributed by atoms with E-state index < -0.39 is 0 Å². The number of ketones is 1. The molecule has 1 aromatic carbocycles. The number of carbonyl (C=O) groups is 1. The minimum Gasteiger partial charge on any atom is -0.347 e. The summed E-state index contributed by atoms with van der Waals surface area (Å²) < 4.78 is 1.96. The first-order chi connectivity index (χ1) is 11.5. The average molecular weight is 320 g/mol. The van der Waals surface area contributed by atoms with Crippen LogP contribution >= 0.6 is 0 Å². The molecule has 122 valence electrons. The highest BCUT2D eigenvalue weighted by atomic mass is 16.1. The summed E-state index contributed by atoms with van der Waals surface area (Å²) in [5.74, 6) is -0.199. The molecule has 0 aliphatic heterocycles. The van der Waals surface area contributed by atoms with Gasteiger partial charge in [0.2, 0.25) is 0 Å². The Morgan fingerprint density at radius 1 is 1.12 bits per heavy atom. The van der Waals surface area contributed by atoms with Gasteiger partial charge < -0.3 is 4.57 Å². The van der Waals surface area contributed by atoms with E-state index >= 15 is 0 Å². The number of fused-ring (bicyclic) bond motifs is 1. The van der Waals surface area contributed by atoms with Gasteiger partial charge in [-0.3, -0.25) is 14.6 Å². The second-order valence-electron chi connectivity index (χ2n) is 5.84. The van der Waals surface area contributed by atoms with E-state index in [1.807, 2.05) is 42.0 Å². The van der Waals surface area contributed by atoms with Crippen molar-refractivity contribution in [3.05, 3.63) is 64.2 Å². The van der Waals surface area contributed by atoms with E-state index in [9.17, 15) is 9.59 Å². The lowest BCUT2D eigenvalue weighted by Crippen LogP contribution is -2.17. The molecule has 0 fully saturated rings. The van der Waals surface area contributed by atoms with E-state index in [1.54, 1.807) is 6.20 Å². The number of aromatic nitrogens is 2. The van der Waals surface area contributed by atoms with E-state index in [-0.39, 0.29) is 16.8 Å². The van der Waals surface area contributed by atoms with Crippen molar-refractivity contribution < 1.29 is 4.79 Å². The van der Waals surface area contributed by atoms with E-state index in [1.165, 1.54) is 6.92 Å². The Morgan fingerprint density at radius 2 is 1.88 bits per heavy atom. The van der Waals surface area contributed by atoms with E-state index in [0.717, 1.165) is 28.8 Å². The molecule has 0 N–H and O–H groups in total. The maximum atomic E-state index is 12.5. The van der Waals surface area contributed by atoms with E-state index in [4.69, 9.17) is 0 Å². The first-order valence-electron chi connectivity index (χ1n) is 8.18. The fraction of sp³-hybridized carbons (Fsp3) is 0.250. The molecular weight excluding hydrogens is 300 g/mol. The van der Waals surface area contributed by atoms with Crippen LogP contribution in [0.4, 0.5) is 0 Å². The summed E-state index contributed by atoms with van der Waals surface area (Å²) in [7, 11) is 0. The summed E-state index contributed by atoms with van der Waals surface area (Å²) in [6.45, 7) is 6.20. The molecule has 4 nitrogen and oxygen atoms in total. The van der Waals surface area contributed by atoms with Crippen LogP contribution in [0.5, 0.6) is 0 Å². The number of carbonyl (C=O) groups excluding carboxylic acids is 1. The van der Waals surface area contributed by atoms with Crippen LogP contribution in [0.25, 0.3) is 22.0 Å². The molecule has 0 amide bonds. The molecule has 0 aliphatic carbocycles. The number of Topliss-reactive ketones (excluding diaryl/α,β-unsaturated/α-hetero) is 1.